The highest BCUT2D eigenvalue weighted by molar-refractivity contribution is 7.11. The molecule has 1 aromatic carbocycles. The minimum Gasteiger partial charge on any atom is -0.465 e. The van der Waals surface area contributed by atoms with E-state index in [0.29, 0.717) is 33.4 Å². The number of carbonyl (C=O) groups excluding carboxylic acids is 1. The summed E-state index contributed by atoms with van der Waals surface area (Å²) in [6.45, 7) is 1.04. The van der Waals surface area contributed by atoms with Crippen LogP contribution in [0.2, 0.25) is 5.02 Å². The number of amidine groups is 1. The molecule has 8 nitrogen and oxygen atoms in total. The second-order valence-corrected chi connectivity index (χ2v) is 10.3. The zero-order chi connectivity index (χ0) is 27.0. The van der Waals surface area contributed by atoms with Crippen LogP contribution in [0.1, 0.15) is 35.7 Å². The van der Waals surface area contributed by atoms with Crippen LogP contribution < -0.4 is 5.32 Å². The van der Waals surface area contributed by atoms with Gasteiger partial charge in [-0.1, -0.05) is 17.7 Å². The number of rotatable bonds is 7. The second kappa shape index (κ2) is 10.5. The van der Waals surface area contributed by atoms with Crippen LogP contribution in [0.15, 0.2) is 52.7 Å². The van der Waals surface area contributed by atoms with Gasteiger partial charge >= 0.3 is 5.97 Å². The topological polar surface area (TPSA) is 84.6 Å². The number of aryl methyl sites for hydroxylation is 1. The van der Waals surface area contributed by atoms with E-state index in [9.17, 15) is 18.0 Å². The molecule has 38 heavy (non-hydrogen) atoms. The Morgan fingerprint density at radius 3 is 2.82 bits per heavy atom. The first kappa shape index (κ1) is 26.4. The lowest BCUT2D eigenvalue weighted by Crippen LogP contribution is -2.43. The average Bonchev–Trinajstić information content (AvgIpc) is 3.59. The summed E-state index contributed by atoms with van der Waals surface area (Å²) < 4.78 is 49.8. The van der Waals surface area contributed by atoms with Crippen LogP contribution in [0.25, 0.3) is 5.57 Å². The molecular weight excluding hydrogens is 541 g/mol. The molecule has 0 aliphatic carbocycles. The highest BCUT2D eigenvalue weighted by Crippen LogP contribution is 2.42. The number of aliphatic imine (C=N–C) groups is 1. The van der Waals surface area contributed by atoms with Crippen molar-refractivity contribution in [2.45, 2.75) is 31.4 Å². The molecule has 2 aliphatic heterocycles. The fraction of sp³-hybridized carbons (Fsp3) is 0.360. The maximum Gasteiger partial charge on any atom is 0.323 e. The minimum absolute atomic E-state index is 0.0509. The van der Waals surface area contributed by atoms with Gasteiger partial charge in [-0.25, -0.2) is 18.2 Å². The van der Waals surface area contributed by atoms with Crippen molar-refractivity contribution in [3.05, 3.63) is 74.8 Å². The number of alkyl halides is 2. The molecule has 3 aromatic rings. The predicted octanol–water partition coefficient (Wildman–Crippen LogP) is 4.44. The quantitative estimate of drug-likeness (QED) is 0.427. The molecule has 5 rings (SSSR count). The average molecular weight is 565 g/mol. The number of nitrogens with one attached hydrogen (secondary N) is 1. The Kier molecular flexibility index (Phi) is 7.30. The van der Waals surface area contributed by atoms with Crippen molar-refractivity contribution in [2.24, 2.45) is 12.0 Å². The van der Waals surface area contributed by atoms with Crippen molar-refractivity contribution in [3.8, 4) is 0 Å². The van der Waals surface area contributed by atoms with E-state index in [1.54, 1.807) is 48.6 Å². The van der Waals surface area contributed by atoms with Crippen molar-refractivity contribution in [1.29, 1.82) is 0 Å². The Bertz CT molecular complexity index is 1410. The van der Waals surface area contributed by atoms with Gasteiger partial charge in [0.25, 0.3) is 5.92 Å². The standard InChI is InChI=1S/C25H24ClF3N6O2S/c1-3-37-24(36)19-11-25(28,29)13-35(19)12-18-20(17-6-8-34(2)33-17)21(15-5-4-14(27)10-16(15)26)32-22(31-18)23-30-7-9-38-23/h4-10,19,21H,3,11-13H2,1-2H3,(H,31,32)/t19-,21?/m0/s1. The van der Waals surface area contributed by atoms with Gasteiger partial charge in [-0.05, 0) is 25.1 Å². The lowest BCUT2D eigenvalue weighted by molar-refractivity contribution is -0.148. The largest absolute Gasteiger partial charge is 0.465 e. The smallest absolute Gasteiger partial charge is 0.323 e. The molecule has 2 aromatic heterocycles. The summed E-state index contributed by atoms with van der Waals surface area (Å²) in [5, 5.41) is 10.3. The Hall–Kier alpha value is -3.22. The monoisotopic (exact) mass is 564 g/mol. The number of aromatic nitrogens is 3. The number of hydrogen-bond donors (Lipinski definition) is 1. The van der Waals surface area contributed by atoms with Crippen molar-refractivity contribution >= 4 is 40.3 Å². The Labute approximate surface area is 225 Å². The zero-order valence-corrected chi connectivity index (χ0v) is 22.1. The highest BCUT2D eigenvalue weighted by atomic mass is 35.5. The SMILES string of the molecule is CCOC(=O)[C@@H]1CC(F)(F)CN1CC1=C(c2ccn(C)n2)C(c2ccc(F)cc2Cl)N=C(c2nccs2)N1. The summed E-state index contributed by atoms with van der Waals surface area (Å²) in [6, 6.07) is 3.92. The molecule has 13 heteroatoms. The van der Waals surface area contributed by atoms with Crippen molar-refractivity contribution in [3.63, 3.8) is 0 Å². The van der Waals surface area contributed by atoms with Crippen molar-refractivity contribution < 1.29 is 22.7 Å². The molecule has 4 heterocycles. The van der Waals surface area contributed by atoms with E-state index < -0.39 is 42.8 Å². The van der Waals surface area contributed by atoms with Crippen LogP contribution in [-0.4, -0.2) is 63.1 Å². The van der Waals surface area contributed by atoms with Crippen LogP contribution >= 0.6 is 22.9 Å². The molecule has 0 bridgehead atoms. The first-order chi connectivity index (χ1) is 18.1. The molecule has 0 radical (unpaired) electrons. The number of benzene rings is 1. The number of carbonyl (C=O) groups is 1. The third-order valence-electron chi connectivity index (χ3n) is 6.29. The van der Waals surface area contributed by atoms with E-state index in [-0.39, 0.29) is 18.2 Å². The molecule has 1 unspecified atom stereocenters. The molecule has 200 valence electrons. The molecular formula is C25H24ClF3N6O2S. The van der Waals surface area contributed by atoms with Crippen LogP contribution in [0.4, 0.5) is 13.2 Å². The first-order valence-electron chi connectivity index (χ1n) is 11.9. The Morgan fingerprint density at radius 2 is 2.16 bits per heavy atom. The van der Waals surface area contributed by atoms with Crippen LogP contribution in [0.3, 0.4) is 0 Å². The van der Waals surface area contributed by atoms with Crippen LogP contribution in [-0.2, 0) is 16.6 Å². The number of nitrogens with zero attached hydrogens (tertiary/aromatic N) is 5. The molecule has 0 saturated carbocycles. The van der Waals surface area contributed by atoms with Gasteiger partial charge in [0, 0.05) is 59.6 Å². The molecule has 2 aliphatic rings. The third kappa shape index (κ3) is 5.33. The number of hydrogen-bond acceptors (Lipinski definition) is 8. The van der Waals surface area contributed by atoms with Gasteiger partial charge in [0.15, 0.2) is 10.8 Å². The molecule has 1 fully saturated rings. The van der Waals surface area contributed by atoms with E-state index in [0.717, 1.165) is 0 Å². The lowest BCUT2D eigenvalue weighted by Gasteiger charge is -2.31. The molecule has 0 spiro atoms. The fourth-order valence-corrected chi connectivity index (χ4v) is 5.56. The van der Waals surface area contributed by atoms with E-state index in [1.165, 1.54) is 28.4 Å². The third-order valence-corrected chi connectivity index (χ3v) is 7.40. The number of likely N-dealkylation sites (tertiary alicyclic amines) is 1. The predicted molar refractivity (Wildman–Crippen MR) is 138 cm³/mol. The zero-order valence-electron chi connectivity index (χ0n) is 20.5. The summed E-state index contributed by atoms with van der Waals surface area (Å²) in [4.78, 5) is 23.2. The Balaban J connectivity index is 1.65. The van der Waals surface area contributed by atoms with Crippen molar-refractivity contribution in [1.82, 2.24) is 25.0 Å². The molecule has 2 atom stereocenters. The van der Waals surface area contributed by atoms with E-state index in [4.69, 9.17) is 21.3 Å². The summed E-state index contributed by atoms with van der Waals surface area (Å²) in [5.74, 6) is -3.87. The minimum atomic E-state index is -3.07. The van der Waals surface area contributed by atoms with Gasteiger partial charge in [-0.15, -0.1) is 11.3 Å². The van der Waals surface area contributed by atoms with Gasteiger partial charge in [0.05, 0.1) is 18.8 Å². The number of ether oxygens (including phenoxy) is 1. The van der Waals surface area contributed by atoms with E-state index >= 15 is 0 Å². The fourth-order valence-electron chi connectivity index (χ4n) is 4.70. The number of thiazole rings is 1. The van der Waals surface area contributed by atoms with Gasteiger partial charge in [0.1, 0.15) is 17.9 Å². The van der Waals surface area contributed by atoms with Gasteiger partial charge in [-0.2, -0.15) is 5.10 Å². The van der Waals surface area contributed by atoms with Crippen molar-refractivity contribution in [2.75, 3.05) is 19.7 Å². The Morgan fingerprint density at radius 1 is 1.34 bits per heavy atom. The molecule has 0 amide bonds. The summed E-state index contributed by atoms with van der Waals surface area (Å²) in [7, 11) is 1.75. The summed E-state index contributed by atoms with van der Waals surface area (Å²) >= 11 is 7.83. The molecule has 1 saturated heterocycles. The maximum absolute atomic E-state index is 14.6. The summed E-state index contributed by atoms with van der Waals surface area (Å²) in [5.41, 5.74) is 2.11. The number of esters is 1. The molecule has 1 N–H and O–H groups in total. The first-order valence-corrected chi connectivity index (χ1v) is 13.1. The van der Waals surface area contributed by atoms with Crippen LogP contribution in [0.5, 0.6) is 0 Å². The lowest BCUT2D eigenvalue weighted by atomic mass is 9.93. The van der Waals surface area contributed by atoms with Gasteiger partial charge < -0.3 is 10.1 Å². The van der Waals surface area contributed by atoms with Gasteiger partial charge in [0.2, 0.25) is 0 Å². The maximum atomic E-state index is 14.6. The second-order valence-electron chi connectivity index (χ2n) is 9.01. The number of halogens is 4. The van der Waals surface area contributed by atoms with Gasteiger partial charge in [-0.3, -0.25) is 19.4 Å². The summed E-state index contributed by atoms with van der Waals surface area (Å²) in [6.07, 6.45) is 2.73. The highest BCUT2D eigenvalue weighted by Gasteiger charge is 2.49. The van der Waals surface area contributed by atoms with E-state index in [1.807, 2.05) is 0 Å². The normalized spacial score (nSPS) is 21.4. The van der Waals surface area contributed by atoms with E-state index in [2.05, 4.69) is 15.4 Å². The van der Waals surface area contributed by atoms with Crippen LogP contribution in [0, 0.1) is 5.82 Å².